The van der Waals surface area contributed by atoms with Crippen LogP contribution in [0.15, 0.2) is 24.5 Å². The lowest BCUT2D eigenvalue weighted by atomic mass is 10.1. The highest BCUT2D eigenvalue weighted by molar-refractivity contribution is 5.15. The molecule has 1 N–H and O–H groups in total. The van der Waals surface area contributed by atoms with Crippen molar-refractivity contribution in [1.82, 2.24) is 25.1 Å². The van der Waals surface area contributed by atoms with Gasteiger partial charge in [-0.2, -0.15) is 5.10 Å². The van der Waals surface area contributed by atoms with E-state index in [2.05, 4.69) is 46.4 Å². The average molecular weight is 287 g/mol. The highest BCUT2D eigenvalue weighted by Crippen LogP contribution is 2.16. The van der Waals surface area contributed by atoms with Crippen molar-refractivity contribution in [2.75, 3.05) is 6.54 Å². The Kier molecular flexibility index (Phi) is 5.87. The molecule has 0 fully saturated rings. The van der Waals surface area contributed by atoms with E-state index < -0.39 is 0 Å². The van der Waals surface area contributed by atoms with Gasteiger partial charge in [-0.15, -0.1) is 0 Å². The predicted molar refractivity (Wildman–Crippen MR) is 84.0 cm³/mol. The lowest BCUT2D eigenvalue weighted by Gasteiger charge is -2.18. The molecule has 114 valence electrons. The molecule has 2 aromatic rings. The van der Waals surface area contributed by atoms with Gasteiger partial charge < -0.3 is 5.32 Å². The molecule has 0 radical (unpaired) electrons. The Bertz CT molecular complexity index is 549. The van der Waals surface area contributed by atoms with Gasteiger partial charge >= 0.3 is 0 Å². The Hall–Kier alpha value is -1.75. The molecule has 0 bridgehead atoms. The summed E-state index contributed by atoms with van der Waals surface area (Å²) in [7, 11) is 0. The second-order valence-electron chi connectivity index (χ2n) is 5.31. The Morgan fingerprint density at radius 2 is 2.10 bits per heavy atom. The van der Waals surface area contributed by atoms with Gasteiger partial charge in [-0.05, 0) is 38.4 Å². The highest BCUT2D eigenvalue weighted by Gasteiger charge is 2.16. The minimum atomic E-state index is 0.185. The van der Waals surface area contributed by atoms with Crippen molar-refractivity contribution < 1.29 is 0 Å². The molecule has 0 spiro atoms. The van der Waals surface area contributed by atoms with E-state index in [1.807, 2.05) is 17.7 Å². The third kappa shape index (κ3) is 4.36. The first-order valence-corrected chi connectivity index (χ1v) is 7.78. The first kappa shape index (κ1) is 15.6. The summed E-state index contributed by atoms with van der Waals surface area (Å²) in [5.74, 6) is 1.02. The van der Waals surface area contributed by atoms with Crippen molar-refractivity contribution in [2.45, 2.75) is 52.6 Å². The van der Waals surface area contributed by atoms with E-state index in [-0.39, 0.29) is 6.04 Å². The van der Waals surface area contributed by atoms with Crippen molar-refractivity contribution >= 4 is 0 Å². The summed E-state index contributed by atoms with van der Waals surface area (Å²) in [5.41, 5.74) is 2.13. The van der Waals surface area contributed by atoms with Crippen LogP contribution in [-0.4, -0.2) is 26.3 Å². The maximum atomic E-state index is 4.66. The molecule has 2 heterocycles. The van der Waals surface area contributed by atoms with Crippen LogP contribution in [0.2, 0.25) is 0 Å². The van der Waals surface area contributed by atoms with Crippen LogP contribution < -0.4 is 5.32 Å². The molecule has 0 aliphatic heterocycles. The highest BCUT2D eigenvalue weighted by atomic mass is 15.3. The Labute approximate surface area is 126 Å². The SMILES string of the molecule is CCCNC(Cc1ncnn1CCC)c1cccc(C)n1. The van der Waals surface area contributed by atoms with E-state index in [9.17, 15) is 0 Å². The zero-order valence-electron chi connectivity index (χ0n) is 13.2. The van der Waals surface area contributed by atoms with Gasteiger partial charge in [0.05, 0.1) is 11.7 Å². The first-order chi connectivity index (χ1) is 10.2. The van der Waals surface area contributed by atoms with Crippen molar-refractivity contribution in [3.63, 3.8) is 0 Å². The summed E-state index contributed by atoms with van der Waals surface area (Å²) in [4.78, 5) is 9.08. The number of aromatic nitrogens is 4. The van der Waals surface area contributed by atoms with Crippen LogP contribution in [0.1, 0.15) is 49.9 Å². The largest absolute Gasteiger partial charge is 0.308 e. The molecule has 0 aromatic carbocycles. The smallest absolute Gasteiger partial charge is 0.138 e. The van der Waals surface area contributed by atoms with Gasteiger partial charge in [0, 0.05) is 18.7 Å². The molecule has 0 saturated carbocycles. The lowest BCUT2D eigenvalue weighted by Crippen LogP contribution is -2.26. The fourth-order valence-corrected chi connectivity index (χ4v) is 2.39. The zero-order valence-corrected chi connectivity index (χ0v) is 13.2. The molecule has 0 saturated heterocycles. The van der Waals surface area contributed by atoms with E-state index in [4.69, 9.17) is 0 Å². The van der Waals surface area contributed by atoms with Crippen molar-refractivity contribution in [3.8, 4) is 0 Å². The van der Waals surface area contributed by atoms with Crippen LogP contribution >= 0.6 is 0 Å². The number of rotatable bonds is 8. The molecule has 2 rings (SSSR count). The molecular formula is C16H25N5. The van der Waals surface area contributed by atoms with Crippen molar-refractivity contribution in [1.29, 1.82) is 0 Å². The molecule has 0 amide bonds. The second-order valence-corrected chi connectivity index (χ2v) is 5.31. The number of nitrogens with one attached hydrogen (secondary N) is 1. The molecule has 21 heavy (non-hydrogen) atoms. The van der Waals surface area contributed by atoms with Gasteiger partial charge in [-0.1, -0.05) is 19.9 Å². The number of pyridine rings is 1. The Balaban J connectivity index is 2.17. The normalized spacial score (nSPS) is 12.5. The van der Waals surface area contributed by atoms with Gasteiger partial charge in [0.25, 0.3) is 0 Å². The van der Waals surface area contributed by atoms with Crippen LogP contribution in [0, 0.1) is 6.92 Å². The van der Waals surface area contributed by atoms with Crippen LogP contribution in [0.4, 0.5) is 0 Å². The summed E-state index contributed by atoms with van der Waals surface area (Å²) in [6, 6.07) is 6.36. The number of nitrogens with zero attached hydrogens (tertiary/aromatic N) is 4. The summed E-state index contributed by atoms with van der Waals surface area (Å²) >= 11 is 0. The maximum absolute atomic E-state index is 4.66. The van der Waals surface area contributed by atoms with E-state index in [1.165, 1.54) is 0 Å². The molecule has 5 nitrogen and oxygen atoms in total. The first-order valence-electron chi connectivity index (χ1n) is 7.78. The van der Waals surface area contributed by atoms with E-state index in [1.54, 1.807) is 6.33 Å². The average Bonchev–Trinajstić information content (AvgIpc) is 2.91. The van der Waals surface area contributed by atoms with E-state index in [0.29, 0.717) is 0 Å². The Morgan fingerprint density at radius 1 is 1.24 bits per heavy atom. The zero-order chi connectivity index (χ0) is 15.1. The van der Waals surface area contributed by atoms with E-state index in [0.717, 1.165) is 49.6 Å². The molecule has 2 aromatic heterocycles. The van der Waals surface area contributed by atoms with Gasteiger partial charge in [0.1, 0.15) is 12.2 Å². The lowest BCUT2D eigenvalue weighted by molar-refractivity contribution is 0.480. The topological polar surface area (TPSA) is 55.6 Å². The second kappa shape index (κ2) is 7.88. The van der Waals surface area contributed by atoms with Gasteiger partial charge in [-0.3, -0.25) is 9.67 Å². The molecule has 0 aliphatic carbocycles. The van der Waals surface area contributed by atoms with Crippen LogP contribution in [0.3, 0.4) is 0 Å². The minimum Gasteiger partial charge on any atom is -0.308 e. The predicted octanol–water partition coefficient (Wildman–Crippen LogP) is 2.67. The molecule has 5 heteroatoms. The Morgan fingerprint density at radius 3 is 2.81 bits per heavy atom. The standard InChI is InChI=1S/C16H25N5/c1-4-9-17-15(14-8-6-7-13(3)20-14)11-16-18-12-19-21(16)10-5-2/h6-8,12,15,17H,4-5,9-11H2,1-3H3. The van der Waals surface area contributed by atoms with E-state index >= 15 is 0 Å². The van der Waals surface area contributed by atoms with Crippen LogP contribution in [0.25, 0.3) is 0 Å². The molecule has 0 aliphatic rings. The quantitative estimate of drug-likeness (QED) is 0.811. The van der Waals surface area contributed by atoms with Gasteiger partial charge in [0.2, 0.25) is 0 Å². The fourth-order valence-electron chi connectivity index (χ4n) is 2.39. The van der Waals surface area contributed by atoms with Gasteiger partial charge in [-0.25, -0.2) is 4.98 Å². The summed E-state index contributed by atoms with van der Waals surface area (Å²) in [6.45, 7) is 8.24. The van der Waals surface area contributed by atoms with Gasteiger partial charge in [0.15, 0.2) is 0 Å². The summed E-state index contributed by atoms with van der Waals surface area (Å²) in [5, 5.41) is 7.88. The monoisotopic (exact) mass is 287 g/mol. The number of aryl methyl sites for hydroxylation is 2. The minimum absolute atomic E-state index is 0.185. The van der Waals surface area contributed by atoms with Crippen molar-refractivity contribution in [2.24, 2.45) is 0 Å². The molecule has 1 unspecified atom stereocenters. The number of hydrogen-bond acceptors (Lipinski definition) is 4. The van der Waals surface area contributed by atoms with Crippen LogP contribution in [-0.2, 0) is 13.0 Å². The third-order valence-electron chi connectivity index (χ3n) is 3.43. The third-order valence-corrected chi connectivity index (χ3v) is 3.43. The maximum Gasteiger partial charge on any atom is 0.138 e. The molecular weight excluding hydrogens is 262 g/mol. The molecule has 1 atom stereocenters. The van der Waals surface area contributed by atoms with Crippen molar-refractivity contribution in [3.05, 3.63) is 41.7 Å². The fraction of sp³-hybridized carbons (Fsp3) is 0.562. The van der Waals surface area contributed by atoms with Crippen LogP contribution in [0.5, 0.6) is 0 Å². The number of hydrogen-bond donors (Lipinski definition) is 1. The summed E-state index contributed by atoms with van der Waals surface area (Å²) < 4.78 is 2.00. The summed E-state index contributed by atoms with van der Waals surface area (Å²) in [6.07, 6.45) is 4.62.